The molecule has 3 heterocycles. The molecular formula is C20H19N5O6. The zero-order chi connectivity index (χ0) is 21.8. The zero-order valence-electron chi connectivity index (χ0n) is 16.4. The first-order chi connectivity index (χ1) is 15.0. The van der Waals surface area contributed by atoms with Crippen LogP contribution in [0.5, 0.6) is 11.5 Å². The second-order valence-electron chi connectivity index (χ2n) is 6.78. The van der Waals surface area contributed by atoms with E-state index in [-0.39, 0.29) is 31.0 Å². The Morgan fingerprint density at radius 3 is 2.84 bits per heavy atom. The summed E-state index contributed by atoms with van der Waals surface area (Å²) in [7, 11) is 0. The maximum Gasteiger partial charge on any atom is 0.328 e. The van der Waals surface area contributed by atoms with E-state index in [0.717, 1.165) is 10.8 Å². The Balaban J connectivity index is 1.43. The highest BCUT2D eigenvalue weighted by Gasteiger charge is 2.17. The number of fused-ring (bicyclic) bond motifs is 1. The van der Waals surface area contributed by atoms with Gasteiger partial charge < -0.3 is 19.8 Å². The number of nitrogens with one attached hydrogen (secondary N) is 2. The Morgan fingerprint density at radius 2 is 2.00 bits per heavy atom. The van der Waals surface area contributed by atoms with Crippen molar-refractivity contribution in [2.24, 2.45) is 0 Å². The smallest absolute Gasteiger partial charge is 0.328 e. The molecule has 31 heavy (non-hydrogen) atoms. The number of benzene rings is 1. The van der Waals surface area contributed by atoms with Crippen molar-refractivity contribution >= 4 is 5.91 Å². The molecule has 160 valence electrons. The molecule has 0 saturated heterocycles. The number of carbonyl (C=O) groups is 1. The summed E-state index contributed by atoms with van der Waals surface area (Å²) in [6.45, 7) is 0.626. The summed E-state index contributed by atoms with van der Waals surface area (Å²) in [6, 6.07) is 8.03. The molecule has 0 radical (unpaired) electrons. The summed E-state index contributed by atoms with van der Waals surface area (Å²) in [6.07, 6.45) is 3.04. The highest BCUT2D eigenvalue weighted by atomic mass is 16.7. The monoisotopic (exact) mass is 425 g/mol. The van der Waals surface area contributed by atoms with Crippen LogP contribution in [-0.4, -0.2) is 38.6 Å². The summed E-state index contributed by atoms with van der Waals surface area (Å²) in [5, 5.41) is 6.55. The molecule has 2 aromatic heterocycles. The molecule has 1 aliphatic heterocycles. The van der Waals surface area contributed by atoms with E-state index in [1.807, 2.05) is 0 Å². The van der Waals surface area contributed by atoms with Gasteiger partial charge >= 0.3 is 5.69 Å². The number of H-pyrrole nitrogens is 1. The number of carbonyl (C=O) groups excluding carboxylic acids is 1. The molecule has 4 rings (SSSR count). The van der Waals surface area contributed by atoms with Gasteiger partial charge in [-0.05, 0) is 30.2 Å². The van der Waals surface area contributed by atoms with Gasteiger partial charge in [0.15, 0.2) is 11.5 Å². The summed E-state index contributed by atoms with van der Waals surface area (Å²) in [5.74, 6) is 0.503. The van der Waals surface area contributed by atoms with Gasteiger partial charge in [0.1, 0.15) is 5.56 Å². The molecule has 0 atom stereocenters. The summed E-state index contributed by atoms with van der Waals surface area (Å²) >= 11 is 0. The lowest BCUT2D eigenvalue weighted by atomic mass is 10.2. The van der Waals surface area contributed by atoms with Crippen molar-refractivity contribution in [3.05, 3.63) is 85.0 Å². The fraction of sp³-hybridized carbons (Fsp3) is 0.250. The van der Waals surface area contributed by atoms with Crippen molar-refractivity contribution in [3.8, 4) is 11.5 Å². The fourth-order valence-corrected chi connectivity index (χ4v) is 3.12. The Hall–Kier alpha value is -4.15. The third kappa shape index (κ3) is 4.39. The van der Waals surface area contributed by atoms with Crippen molar-refractivity contribution in [1.82, 2.24) is 24.6 Å². The second-order valence-corrected chi connectivity index (χ2v) is 6.78. The summed E-state index contributed by atoms with van der Waals surface area (Å²) in [5.41, 5.74) is -1.11. The molecule has 1 aliphatic rings. The first-order valence-corrected chi connectivity index (χ1v) is 9.54. The van der Waals surface area contributed by atoms with Crippen LogP contribution in [0.3, 0.4) is 0 Å². The fourth-order valence-electron chi connectivity index (χ4n) is 3.12. The molecule has 11 nitrogen and oxygen atoms in total. The van der Waals surface area contributed by atoms with Gasteiger partial charge in [0.05, 0.1) is 6.54 Å². The predicted molar refractivity (Wildman–Crippen MR) is 108 cm³/mol. The van der Waals surface area contributed by atoms with Crippen LogP contribution in [0.4, 0.5) is 0 Å². The topological polar surface area (TPSA) is 137 Å². The molecule has 2 N–H and O–H groups in total. The standard InChI is InChI=1S/C20H19N5O6/c26-17-3-1-7-23-25(17)8-2-6-21-18(27)14-10-22-20(29)24(19(14)28)11-13-4-5-15-16(9-13)31-12-30-15/h1,3-5,7,9-10H,2,6,8,11-12H2,(H,21,27)(H,22,29). The second kappa shape index (κ2) is 8.69. The lowest BCUT2D eigenvalue weighted by molar-refractivity contribution is 0.0950. The van der Waals surface area contributed by atoms with Gasteiger partial charge in [-0.25, -0.2) is 9.48 Å². The minimum absolute atomic E-state index is 0.0332. The zero-order valence-corrected chi connectivity index (χ0v) is 16.4. The van der Waals surface area contributed by atoms with E-state index in [1.165, 1.54) is 16.9 Å². The van der Waals surface area contributed by atoms with Crippen molar-refractivity contribution in [3.63, 3.8) is 0 Å². The number of nitrogens with zero attached hydrogens (tertiary/aromatic N) is 3. The van der Waals surface area contributed by atoms with E-state index in [2.05, 4.69) is 15.4 Å². The number of ether oxygens (including phenoxy) is 2. The number of rotatable bonds is 7. The number of amides is 1. The molecule has 0 aliphatic carbocycles. The van der Waals surface area contributed by atoms with Crippen molar-refractivity contribution in [1.29, 1.82) is 0 Å². The number of aromatic nitrogens is 4. The molecule has 1 amide bonds. The van der Waals surface area contributed by atoms with Gasteiger partial charge in [-0.3, -0.25) is 19.0 Å². The van der Waals surface area contributed by atoms with Gasteiger partial charge in [0.2, 0.25) is 6.79 Å². The van der Waals surface area contributed by atoms with Crippen LogP contribution in [0, 0.1) is 0 Å². The molecule has 0 spiro atoms. The quantitative estimate of drug-likeness (QED) is 0.495. The normalized spacial score (nSPS) is 12.0. The van der Waals surface area contributed by atoms with Crippen LogP contribution in [0.2, 0.25) is 0 Å². The van der Waals surface area contributed by atoms with Crippen LogP contribution in [-0.2, 0) is 13.1 Å². The van der Waals surface area contributed by atoms with Crippen LogP contribution in [0.1, 0.15) is 22.3 Å². The lowest BCUT2D eigenvalue weighted by Gasteiger charge is -2.09. The highest BCUT2D eigenvalue weighted by Crippen LogP contribution is 2.32. The number of hydrogen-bond donors (Lipinski definition) is 2. The highest BCUT2D eigenvalue weighted by molar-refractivity contribution is 5.93. The average Bonchev–Trinajstić information content (AvgIpc) is 3.23. The first-order valence-electron chi connectivity index (χ1n) is 9.54. The molecule has 0 unspecified atom stereocenters. The number of aromatic amines is 1. The van der Waals surface area contributed by atoms with Gasteiger partial charge in [0.25, 0.3) is 17.0 Å². The van der Waals surface area contributed by atoms with Gasteiger partial charge in [0, 0.05) is 31.5 Å². The van der Waals surface area contributed by atoms with Crippen molar-refractivity contribution in [2.45, 2.75) is 19.5 Å². The molecule has 3 aromatic rings. The van der Waals surface area contributed by atoms with Crippen LogP contribution in [0.15, 0.2) is 57.1 Å². The van der Waals surface area contributed by atoms with Crippen molar-refractivity contribution < 1.29 is 14.3 Å². The third-order valence-electron chi connectivity index (χ3n) is 4.70. The predicted octanol–water partition coefficient (Wildman–Crippen LogP) is -0.310. The van der Waals surface area contributed by atoms with Gasteiger partial charge in [-0.1, -0.05) is 6.07 Å². The Bertz CT molecular complexity index is 1290. The molecule has 0 saturated carbocycles. The SMILES string of the molecule is O=C(NCCCn1ncccc1=O)c1c[nH]c(=O)n(Cc2ccc3c(c2)OCO3)c1=O. The van der Waals surface area contributed by atoms with Crippen LogP contribution in [0.25, 0.3) is 0 Å². The first kappa shape index (κ1) is 20.1. The Kier molecular flexibility index (Phi) is 5.65. The molecule has 0 fully saturated rings. The molecule has 0 bridgehead atoms. The van der Waals surface area contributed by atoms with Crippen LogP contribution < -0.4 is 31.6 Å². The molecular weight excluding hydrogens is 406 g/mol. The average molecular weight is 425 g/mol. The summed E-state index contributed by atoms with van der Waals surface area (Å²) in [4.78, 5) is 51.4. The third-order valence-corrected chi connectivity index (χ3v) is 4.70. The van der Waals surface area contributed by atoms with E-state index >= 15 is 0 Å². The lowest BCUT2D eigenvalue weighted by Crippen LogP contribution is -2.41. The largest absolute Gasteiger partial charge is 0.454 e. The number of aryl methyl sites for hydroxylation is 1. The molecule has 1 aromatic carbocycles. The molecule has 11 heteroatoms. The maximum atomic E-state index is 12.7. The van der Waals surface area contributed by atoms with Crippen LogP contribution >= 0.6 is 0 Å². The maximum absolute atomic E-state index is 12.7. The Labute approximate surface area is 174 Å². The van der Waals surface area contributed by atoms with Crippen molar-refractivity contribution in [2.75, 3.05) is 13.3 Å². The van der Waals surface area contributed by atoms with E-state index in [1.54, 1.807) is 24.3 Å². The van der Waals surface area contributed by atoms with E-state index in [0.29, 0.717) is 30.0 Å². The van der Waals surface area contributed by atoms with E-state index in [9.17, 15) is 19.2 Å². The minimum atomic E-state index is -0.708. The Morgan fingerprint density at radius 1 is 1.16 bits per heavy atom. The van der Waals surface area contributed by atoms with E-state index < -0.39 is 17.2 Å². The van der Waals surface area contributed by atoms with Gasteiger partial charge in [-0.15, -0.1) is 0 Å². The summed E-state index contributed by atoms with van der Waals surface area (Å²) < 4.78 is 12.8. The number of hydrogen-bond acceptors (Lipinski definition) is 7. The van der Waals surface area contributed by atoms with Gasteiger partial charge in [-0.2, -0.15) is 5.10 Å². The minimum Gasteiger partial charge on any atom is -0.454 e. The van der Waals surface area contributed by atoms with E-state index in [4.69, 9.17) is 9.47 Å².